The fourth-order valence-corrected chi connectivity index (χ4v) is 5.11. The average molecular weight is 583 g/mol. The first-order valence-electron chi connectivity index (χ1n) is 11.8. The monoisotopic (exact) mass is 581 g/mol. The summed E-state index contributed by atoms with van der Waals surface area (Å²) in [7, 11) is 1.68. The predicted molar refractivity (Wildman–Crippen MR) is 156 cm³/mol. The highest BCUT2D eigenvalue weighted by Gasteiger charge is 2.29. The minimum atomic E-state index is -2.19. The predicted octanol–water partition coefficient (Wildman–Crippen LogP) is 3.45. The van der Waals surface area contributed by atoms with Gasteiger partial charge in [-0.05, 0) is 55.3 Å². The van der Waals surface area contributed by atoms with Gasteiger partial charge in [0, 0.05) is 17.7 Å². The van der Waals surface area contributed by atoms with Gasteiger partial charge in [-0.2, -0.15) is 0 Å². The Labute approximate surface area is 237 Å². The zero-order valence-corrected chi connectivity index (χ0v) is 23.3. The number of aromatic amines is 1. The molecule has 0 fully saturated rings. The van der Waals surface area contributed by atoms with Crippen molar-refractivity contribution in [3.8, 4) is 11.5 Å². The van der Waals surface area contributed by atoms with Gasteiger partial charge in [0.05, 0.1) is 18.4 Å². The normalized spacial score (nSPS) is 11.1. The first-order chi connectivity index (χ1) is 17.4. The number of fused-ring (bicyclic) bond motifs is 1. The number of nitrogens with one attached hydrogen (secondary N) is 3. The molecule has 4 rings (SSSR count). The Bertz CT molecular complexity index is 1380. The summed E-state index contributed by atoms with van der Waals surface area (Å²) in [5.41, 5.74) is 3.90. The highest BCUT2D eigenvalue weighted by Crippen LogP contribution is 2.32. The topological polar surface area (TPSA) is 127 Å². The summed E-state index contributed by atoms with van der Waals surface area (Å²) in [6.45, 7) is 2.00. The van der Waals surface area contributed by atoms with Gasteiger partial charge in [0.25, 0.3) is 0 Å². The Morgan fingerprint density at radius 1 is 0.947 bits per heavy atom. The molecule has 1 aromatic heterocycles. The lowest BCUT2D eigenvalue weighted by molar-refractivity contribution is -0.164. The SMILES string of the molecule is COc1ccccc1CNCCc1cccc(CCNCC(O)(O)c2ccc(O)c3[nH]c(=O)sc23)c1.Cl.Cl. The summed E-state index contributed by atoms with van der Waals surface area (Å²) >= 11 is 0.836. The zero-order valence-electron chi connectivity index (χ0n) is 20.9. The third-order valence-electron chi connectivity index (χ3n) is 6.04. The number of aliphatic hydroxyl groups is 2. The van der Waals surface area contributed by atoms with Gasteiger partial charge in [0.1, 0.15) is 17.0 Å². The van der Waals surface area contributed by atoms with Gasteiger partial charge in [0.15, 0.2) is 0 Å². The minimum Gasteiger partial charge on any atom is -0.506 e. The zero-order chi connectivity index (χ0) is 25.5. The number of rotatable bonds is 12. The molecule has 4 aromatic rings. The molecule has 11 heteroatoms. The molecule has 0 radical (unpaired) electrons. The molecule has 0 amide bonds. The van der Waals surface area contributed by atoms with E-state index in [9.17, 15) is 20.1 Å². The molecule has 8 nitrogen and oxygen atoms in total. The molecule has 0 saturated carbocycles. The van der Waals surface area contributed by atoms with E-state index in [1.807, 2.05) is 24.3 Å². The van der Waals surface area contributed by atoms with Gasteiger partial charge in [-0.25, -0.2) is 0 Å². The standard InChI is InChI=1S/C27H31N3O5S.2ClH/c1-35-23-8-3-2-7-20(23)16-28-13-11-18-5-4-6-19(15-18)12-14-29-17-27(33,34)21-9-10-22(31)24-25(21)36-26(32)30-24;;/h2-10,15,28-29,31,33-34H,11-14,16-17H2,1H3,(H,30,32);2*1H. The van der Waals surface area contributed by atoms with E-state index in [0.29, 0.717) is 11.2 Å². The molecule has 0 bridgehead atoms. The van der Waals surface area contributed by atoms with Gasteiger partial charge in [0.2, 0.25) is 5.79 Å². The maximum atomic E-state index is 11.7. The fraction of sp³-hybridized carbons (Fsp3) is 0.296. The molecule has 0 aliphatic carbocycles. The Kier molecular flexibility index (Phi) is 12.1. The Morgan fingerprint density at radius 2 is 1.63 bits per heavy atom. The number of phenolic OH excluding ortho intramolecular Hbond substituents is 1. The van der Waals surface area contributed by atoms with Crippen molar-refractivity contribution in [3.63, 3.8) is 0 Å². The van der Waals surface area contributed by atoms with Crippen LogP contribution in [0.5, 0.6) is 11.5 Å². The van der Waals surface area contributed by atoms with Crippen molar-refractivity contribution in [2.75, 3.05) is 26.7 Å². The highest BCUT2D eigenvalue weighted by molar-refractivity contribution is 7.16. The molecular weight excluding hydrogens is 549 g/mol. The second kappa shape index (κ2) is 14.5. The number of benzene rings is 3. The number of hydrogen-bond acceptors (Lipinski definition) is 8. The second-order valence-electron chi connectivity index (χ2n) is 8.65. The van der Waals surface area contributed by atoms with Crippen LogP contribution in [-0.4, -0.2) is 47.0 Å². The minimum absolute atomic E-state index is 0. The maximum absolute atomic E-state index is 11.7. The van der Waals surface area contributed by atoms with Crippen LogP contribution in [0.25, 0.3) is 10.2 Å². The van der Waals surface area contributed by atoms with Crippen molar-refractivity contribution < 1.29 is 20.1 Å². The van der Waals surface area contributed by atoms with Crippen LogP contribution >= 0.6 is 36.2 Å². The molecule has 38 heavy (non-hydrogen) atoms. The summed E-state index contributed by atoms with van der Waals surface area (Å²) in [6, 6.07) is 19.1. The second-order valence-corrected chi connectivity index (χ2v) is 9.64. The molecule has 0 spiro atoms. The Morgan fingerprint density at radius 3 is 2.34 bits per heavy atom. The quantitative estimate of drug-likeness (QED) is 0.112. The van der Waals surface area contributed by atoms with Crippen LogP contribution in [0.15, 0.2) is 65.5 Å². The van der Waals surface area contributed by atoms with Gasteiger partial charge < -0.3 is 35.7 Å². The van der Waals surface area contributed by atoms with Gasteiger partial charge in [-0.3, -0.25) is 4.79 Å². The van der Waals surface area contributed by atoms with E-state index in [2.05, 4.69) is 39.9 Å². The molecule has 0 unspecified atom stereocenters. The van der Waals surface area contributed by atoms with Crippen molar-refractivity contribution in [1.29, 1.82) is 0 Å². The largest absolute Gasteiger partial charge is 0.506 e. The van der Waals surface area contributed by atoms with E-state index in [-0.39, 0.29) is 53.1 Å². The molecule has 3 aromatic carbocycles. The number of ether oxygens (including phenoxy) is 1. The van der Waals surface area contributed by atoms with Crippen LogP contribution in [0.2, 0.25) is 0 Å². The average Bonchev–Trinajstić information content (AvgIpc) is 3.27. The number of aromatic hydroxyl groups is 1. The lowest BCUT2D eigenvalue weighted by atomic mass is 10.0. The molecule has 0 aliphatic rings. The summed E-state index contributed by atoms with van der Waals surface area (Å²) < 4.78 is 5.73. The van der Waals surface area contributed by atoms with E-state index >= 15 is 0 Å². The van der Waals surface area contributed by atoms with Gasteiger partial charge in [-0.15, -0.1) is 24.8 Å². The number of phenols is 1. The van der Waals surface area contributed by atoms with Crippen LogP contribution in [-0.2, 0) is 25.2 Å². The third-order valence-corrected chi connectivity index (χ3v) is 6.96. The van der Waals surface area contributed by atoms with Crippen molar-refractivity contribution in [1.82, 2.24) is 15.6 Å². The number of para-hydroxylation sites is 1. The lowest BCUT2D eigenvalue weighted by Crippen LogP contribution is -2.38. The number of aromatic nitrogens is 1. The Hall–Kier alpha value is -2.63. The molecule has 206 valence electrons. The van der Waals surface area contributed by atoms with Crippen molar-refractivity contribution in [2.24, 2.45) is 0 Å². The van der Waals surface area contributed by atoms with Crippen LogP contribution in [0, 0.1) is 0 Å². The number of halogens is 2. The first kappa shape index (κ1) is 31.6. The first-order valence-corrected chi connectivity index (χ1v) is 12.6. The van der Waals surface area contributed by atoms with Gasteiger partial charge in [-0.1, -0.05) is 53.8 Å². The van der Waals surface area contributed by atoms with Crippen LogP contribution in [0.1, 0.15) is 22.3 Å². The smallest absolute Gasteiger partial charge is 0.305 e. The summed E-state index contributed by atoms with van der Waals surface area (Å²) in [4.78, 5) is 13.9. The number of H-pyrrole nitrogens is 1. The fourth-order valence-electron chi connectivity index (χ4n) is 4.17. The number of hydrogen-bond donors (Lipinski definition) is 6. The van der Waals surface area contributed by atoms with E-state index in [1.165, 1.54) is 17.7 Å². The van der Waals surface area contributed by atoms with Crippen LogP contribution in [0.4, 0.5) is 0 Å². The number of methoxy groups -OCH3 is 1. The van der Waals surface area contributed by atoms with Gasteiger partial charge >= 0.3 is 4.87 Å². The molecular formula is C27H33Cl2N3O5S. The molecule has 6 N–H and O–H groups in total. The third kappa shape index (κ3) is 7.94. The van der Waals surface area contributed by atoms with Crippen molar-refractivity contribution in [3.05, 3.63) is 92.6 Å². The number of thiazole rings is 1. The highest BCUT2D eigenvalue weighted by atomic mass is 35.5. The summed E-state index contributed by atoms with van der Waals surface area (Å²) in [5, 5.41) is 37.8. The van der Waals surface area contributed by atoms with E-state index in [0.717, 1.165) is 54.1 Å². The maximum Gasteiger partial charge on any atom is 0.305 e. The molecule has 0 saturated heterocycles. The Balaban J connectivity index is 0.00000253. The summed E-state index contributed by atoms with van der Waals surface area (Å²) in [6.07, 6.45) is 1.62. The van der Waals surface area contributed by atoms with E-state index < -0.39 is 5.79 Å². The molecule has 0 atom stereocenters. The molecule has 1 heterocycles. The van der Waals surface area contributed by atoms with Crippen molar-refractivity contribution >= 4 is 46.4 Å². The van der Waals surface area contributed by atoms with E-state index in [4.69, 9.17) is 4.74 Å². The molecule has 0 aliphatic heterocycles. The van der Waals surface area contributed by atoms with E-state index in [1.54, 1.807) is 7.11 Å². The lowest BCUT2D eigenvalue weighted by Gasteiger charge is -2.23. The van der Waals surface area contributed by atoms with Crippen LogP contribution < -0.4 is 20.2 Å². The van der Waals surface area contributed by atoms with Crippen molar-refractivity contribution in [2.45, 2.75) is 25.2 Å². The summed E-state index contributed by atoms with van der Waals surface area (Å²) in [5.74, 6) is -1.41. The van der Waals surface area contributed by atoms with Crippen LogP contribution in [0.3, 0.4) is 0 Å².